The molecule has 6 rings (SSSR count). The maximum absolute atomic E-state index is 14.5. The van der Waals surface area contributed by atoms with E-state index < -0.39 is 31.5 Å². The minimum absolute atomic E-state index is 0.0638. The monoisotopic (exact) mass is 680 g/mol. The van der Waals surface area contributed by atoms with Crippen molar-refractivity contribution in [3.63, 3.8) is 0 Å². The summed E-state index contributed by atoms with van der Waals surface area (Å²) in [6.45, 7) is 9.89. The maximum Gasteiger partial charge on any atom is 0.264 e. The van der Waals surface area contributed by atoms with Gasteiger partial charge in [0.2, 0.25) is 11.8 Å². The lowest BCUT2D eigenvalue weighted by Crippen LogP contribution is -2.46. The van der Waals surface area contributed by atoms with Crippen LogP contribution in [0.4, 0.5) is 11.4 Å². The number of nitrogens with one attached hydrogen (secondary N) is 2. The Hall–Kier alpha value is -4.55. The quantitative estimate of drug-likeness (QED) is 0.122. The lowest BCUT2D eigenvalue weighted by Gasteiger charge is -2.32. The number of aromatic amines is 1. The van der Waals surface area contributed by atoms with Crippen LogP contribution in [-0.2, 0) is 37.7 Å². The largest absolute Gasteiger partial charge is 0.432 e. The Morgan fingerprint density at radius 2 is 1.86 bits per heavy atom. The normalized spacial score (nSPS) is 21.7. The molecule has 0 aliphatic carbocycles. The van der Waals surface area contributed by atoms with Gasteiger partial charge in [-0.25, -0.2) is 0 Å². The molecule has 0 unspecified atom stereocenters. The number of benzene rings is 3. The second-order valence-electron chi connectivity index (χ2n) is 13.6. The van der Waals surface area contributed by atoms with Crippen molar-refractivity contribution >= 4 is 48.3 Å². The predicted octanol–water partition coefficient (Wildman–Crippen LogP) is 5.09. The predicted molar refractivity (Wildman–Crippen MR) is 192 cm³/mol. The summed E-state index contributed by atoms with van der Waals surface area (Å²) >= 11 is 0. The van der Waals surface area contributed by atoms with Gasteiger partial charge in [-0.1, -0.05) is 61.5 Å². The molecule has 1 saturated heterocycles. The summed E-state index contributed by atoms with van der Waals surface area (Å²) in [5.74, 6) is -1.22. The van der Waals surface area contributed by atoms with Gasteiger partial charge in [-0.2, -0.15) is 0 Å². The molecule has 1 spiro atoms. The molecule has 4 N–H and O–H groups in total. The first-order valence-electron chi connectivity index (χ1n) is 16.7. The smallest absolute Gasteiger partial charge is 0.264 e. The number of hydrogen-bond donors (Lipinski definition) is 4. The number of anilines is 2. The van der Waals surface area contributed by atoms with Crippen molar-refractivity contribution in [3.05, 3.63) is 108 Å². The zero-order valence-corrected chi connectivity index (χ0v) is 29.2. The van der Waals surface area contributed by atoms with Crippen LogP contribution in [0.15, 0.2) is 91.6 Å². The van der Waals surface area contributed by atoms with E-state index in [4.69, 9.17) is 4.74 Å². The van der Waals surface area contributed by atoms with E-state index in [1.807, 2.05) is 80.8 Å². The molecule has 4 aromatic rings. The van der Waals surface area contributed by atoms with Crippen LogP contribution in [-0.4, -0.2) is 71.6 Å². The van der Waals surface area contributed by atoms with E-state index in [1.54, 1.807) is 34.1 Å². The minimum atomic E-state index is -3.04. The molecular formula is C38H44N4O6Si. The molecule has 10 nitrogen and oxygen atoms in total. The number of carbonyl (C=O) groups excluding carboxylic acids is 3. The number of para-hydroxylation sites is 1. The Bertz CT molecular complexity index is 1870. The first-order chi connectivity index (χ1) is 23.5. The van der Waals surface area contributed by atoms with E-state index >= 15 is 0 Å². The molecular weight excluding hydrogens is 637 g/mol. The van der Waals surface area contributed by atoms with Crippen molar-refractivity contribution < 1.29 is 29.0 Å². The van der Waals surface area contributed by atoms with E-state index in [0.29, 0.717) is 23.5 Å². The van der Waals surface area contributed by atoms with Crippen molar-refractivity contribution in [2.45, 2.75) is 56.7 Å². The lowest BCUT2D eigenvalue weighted by atomic mass is 9.82. The molecule has 49 heavy (non-hydrogen) atoms. The lowest BCUT2D eigenvalue weighted by molar-refractivity contribution is -0.149. The van der Waals surface area contributed by atoms with Gasteiger partial charge >= 0.3 is 0 Å². The SMILES string of the molecule is C=CCN1C(=O)[C@]2(O[C@H](CC(=O)N(CCO)Cc3ccccc3)[C@@H]([Si](C)(C)O)[C@@H]2C)c2cc(NC(=O)Cc3c[nH]c4ccccc34)ccc21. The van der Waals surface area contributed by atoms with Gasteiger partial charge in [0.25, 0.3) is 5.91 Å². The number of ether oxygens (including phenoxy) is 1. The summed E-state index contributed by atoms with van der Waals surface area (Å²) in [6.07, 6.45) is 2.82. The molecule has 0 bridgehead atoms. The topological polar surface area (TPSA) is 135 Å². The third-order valence-electron chi connectivity index (χ3n) is 9.92. The van der Waals surface area contributed by atoms with Crippen LogP contribution in [0.2, 0.25) is 18.6 Å². The molecule has 0 saturated carbocycles. The number of H-pyrrole nitrogens is 1. The molecule has 3 heterocycles. The fraction of sp³-hybridized carbons (Fsp3) is 0.342. The van der Waals surface area contributed by atoms with Crippen LogP contribution >= 0.6 is 0 Å². The Morgan fingerprint density at radius 1 is 1.12 bits per heavy atom. The Kier molecular flexibility index (Phi) is 9.63. The van der Waals surface area contributed by atoms with Crippen LogP contribution in [0.5, 0.6) is 0 Å². The van der Waals surface area contributed by atoms with E-state index in [0.717, 1.165) is 22.0 Å². The number of carbonyl (C=O) groups is 3. The first-order valence-corrected chi connectivity index (χ1v) is 19.7. The Labute approximate surface area is 287 Å². The van der Waals surface area contributed by atoms with Crippen molar-refractivity contribution in [1.82, 2.24) is 9.88 Å². The van der Waals surface area contributed by atoms with E-state index in [9.17, 15) is 24.3 Å². The second kappa shape index (κ2) is 13.8. The van der Waals surface area contributed by atoms with Crippen molar-refractivity contribution in [2.24, 2.45) is 5.92 Å². The van der Waals surface area contributed by atoms with Crippen molar-refractivity contribution in [3.8, 4) is 0 Å². The zero-order valence-electron chi connectivity index (χ0n) is 28.2. The number of rotatable bonds is 12. The van der Waals surface area contributed by atoms with Crippen molar-refractivity contribution in [2.75, 3.05) is 29.9 Å². The minimum Gasteiger partial charge on any atom is -0.432 e. The number of aliphatic hydroxyl groups is 1. The Morgan fingerprint density at radius 3 is 2.57 bits per heavy atom. The van der Waals surface area contributed by atoms with Crippen LogP contribution in [0.25, 0.3) is 10.9 Å². The van der Waals surface area contributed by atoms with E-state index in [-0.39, 0.29) is 50.3 Å². The van der Waals surface area contributed by atoms with Crippen LogP contribution in [0.1, 0.15) is 30.0 Å². The highest BCUT2D eigenvalue weighted by Crippen LogP contribution is 2.60. The molecule has 0 radical (unpaired) electrons. The standard InChI is InChI=1S/C38H44N4O6Si/c1-5-17-42-32-16-15-28(40-34(44)20-27-23-39-31-14-10-9-13-29(27)31)21-30(32)38(37(42)46)25(2)36(49(3,4)47)33(48-38)22-35(45)41(18-19-43)24-26-11-7-6-8-12-26/h5-16,21,23,25,33,36,39,43,47H,1,17-20,22,24H2,2-4H3,(H,40,44)/t25-,33+,36-,38+/m0/s1. The number of fused-ring (bicyclic) bond motifs is 3. The molecule has 11 heteroatoms. The number of hydrogen-bond acceptors (Lipinski definition) is 6. The van der Waals surface area contributed by atoms with Gasteiger partial charge in [0, 0.05) is 59.4 Å². The van der Waals surface area contributed by atoms with E-state index in [1.165, 1.54) is 0 Å². The number of aliphatic hydroxyl groups excluding tert-OH is 1. The van der Waals surface area contributed by atoms with Gasteiger partial charge in [-0.05, 0) is 48.5 Å². The van der Waals surface area contributed by atoms with Gasteiger partial charge in [0.05, 0.1) is 31.2 Å². The van der Waals surface area contributed by atoms with E-state index in [2.05, 4.69) is 16.9 Å². The second-order valence-corrected chi connectivity index (χ2v) is 17.6. The maximum atomic E-state index is 14.5. The molecule has 1 fully saturated rings. The highest BCUT2D eigenvalue weighted by Gasteiger charge is 2.66. The van der Waals surface area contributed by atoms with Gasteiger partial charge in [-0.3, -0.25) is 14.4 Å². The fourth-order valence-corrected chi connectivity index (χ4v) is 10.4. The first kappa shape index (κ1) is 34.3. The average molecular weight is 681 g/mol. The molecule has 4 atom stereocenters. The average Bonchev–Trinajstić information content (AvgIpc) is 3.68. The number of aromatic nitrogens is 1. The third kappa shape index (κ3) is 6.46. The zero-order chi connectivity index (χ0) is 34.9. The van der Waals surface area contributed by atoms with Gasteiger partial charge in [-0.15, -0.1) is 6.58 Å². The molecule has 2 aliphatic rings. The molecule has 3 aromatic carbocycles. The molecule has 3 amide bonds. The summed E-state index contributed by atoms with van der Waals surface area (Å²) < 4.78 is 6.84. The summed E-state index contributed by atoms with van der Waals surface area (Å²) in [4.78, 5) is 59.8. The van der Waals surface area contributed by atoms with Crippen molar-refractivity contribution in [1.29, 1.82) is 0 Å². The third-order valence-corrected chi connectivity index (χ3v) is 12.4. The van der Waals surface area contributed by atoms with Gasteiger partial charge in [0.1, 0.15) is 0 Å². The van der Waals surface area contributed by atoms with Crippen LogP contribution in [0.3, 0.4) is 0 Å². The Balaban J connectivity index is 1.32. The summed E-state index contributed by atoms with van der Waals surface area (Å²) in [5, 5.41) is 13.8. The van der Waals surface area contributed by atoms with Gasteiger partial charge in [0.15, 0.2) is 13.9 Å². The number of amides is 3. The molecule has 1 aromatic heterocycles. The summed E-state index contributed by atoms with van der Waals surface area (Å²) in [7, 11) is -3.04. The number of nitrogens with zero attached hydrogens (tertiary/aromatic N) is 2. The summed E-state index contributed by atoms with van der Waals surface area (Å²) in [6, 6.07) is 22.7. The molecule has 256 valence electrons. The fourth-order valence-electron chi connectivity index (χ4n) is 7.84. The van der Waals surface area contributed by atoms with Crippen LogP contribution in [0, 0.1) is 5.92 Å². The van der Waals surface area contributed by atoms with Gasteiger partial charge < -0.3 is 34.7 Å². The molecule has 2 aliphatic heterocycles. The van der Waals surface area contributed by atoms with Crippen LogP contribution < -0.4 is 10.2 Å². The summed E-state index contributed by atoms with van der Waals surface area (Å²) in [5.41, 5.74) is 2.54. The highest BCUT2D eigenvalue weighted by molar-refractivity contribution is 6.71. The highest BCUT2D eigenvalue weighted by atomic mass is 28.4.